The fourth-order valence-corrected chi connectivity index (χ4v) is 3.58. The molecule has 2 saturated heterocycles. The minimum Gasteiger partial charge on any atom is -0.378 e. The Morgan fingerprint density at radius 2 is 1.64 bits per heavy atom. The molecule has 2 heteroatoms. The molecule has 1 saturated carbocycles. The van der Waals surface area contributed by atoms with Crippen LogP contribution in [0, 0.1) is 23.2 Å². The number of hydrogen-bond donors (Lipinski definition) is 0. The van der Waals surface area contributed by atoms with Crippen molar-refractivity contribution in [2.45, 2.75) is 26.8 Å². The number of fused-ring (bicyclic) bond motifs is 1. The molecule has 2 nitrogen and oxygen atoms in total. The van der Waals surface area contributed by atoms with Crippen LogP contribution in [0.3, 0.4) is 0 Å². The Bertz CT molecular complexity index is 229. The van der Waals surface area contributed by atoms with Gasteiger partial charge in [0.1, 0.15) is 0 Å². The highest BCUT2D eigenvalue weighted by Gasteiger charge is 2.60. The van der Waals surface area contributed by atoms with Crippen LogP contribution in [0.5, 0.6) is 0 Å². The highest BCUT2D eigenvalue weighted by molar-refractivity contribution is 5.10. The van der Waals surface area contributed by atoms with Crippen molar-refractivity contribution in [3.8, 4) is 0 Å². The van der Waals surface area contributed by atoms with E-state index in [0.717, 1.165) is 37.0 Å². The van der Waals surface area contributed by atoms with E-state index >= 15 is 0 Å². The van der Waals surface area contributed by atoms with Crippen LogP contribution in [0.4, 0.5) is 0 Å². The van der Waals surface area contributed by atoms with E-state index in [1.165, 1.54) is 13.1 Å². The van der Waals surface area contributed by atoms with Gasteiger partial charge in [-0.15, -0.1) is 0 Å². The molecule has 3 rings (SSSR count). The summed E-state index contributed by atoms with van der Waals surface area (Å²) < 4.78 is 5.25. The van der Waals surface area contributed by atoms with Crippen molar-refractivity contribution in [1.29, 1.82) is 0 Å². The summed E-state index contributed by atoms with van der Waals surface area (Å²) in [5.41, 5.74) is 0.539. The number of piperidine rings is 1. The van der Waals surface area contributed by atoms with Crippen molar-refractivity contribution in [2.75, 3.05) is 26.3 Å². The molecule has 0 aromatic carbocycles. The van der Waals surface area contributed by atoms with Crippen molar-refractivity contribution in [3.63, 3.8) is 0 Å². The zero-order valence-electron chi connectivity index (χ0n) is 9.49. The molecule has 0 spiro atoms. The van der Waals surface area contributed by atoms with Gasteiger partial charge in [0.2, 0.25) is 0 Å². The van der Waals surface area contributed by atoms with Crippen LogP contribution in [0.25, 0.3) is 0 Å². The highest BCUT2D eigenvalue weighted by Crippen LogP contribution is 2.60. The van der Waals surface area contributed by atoms with E-state index in [9.17, 15) is 0 Å². The standard InChI is InChI=1S/C12H21NO/c1-12(2,3)11-9-4-13(5-10(9)11)8-6-14-7-8/h8-11H,4-7H2,1-3H3/t9-,10+,11?. The first kappa shape index (κ1) is 9.17. The average Bonchev–Trinajstić information content (AvgIpc) is 2.46. The van der Waals surface area contributed by atoms with E-state index in [0.29, 0.717) is 5.41 Å². The van der Waals surface area contributed by atoms with Crippen LogP contribution in [0.15, 0.2) is 0 Å². The molecule has 0 N–H and O–H groups in total. The maximum Gasteiger partial charge on any atom is 0.0645 e. The van der Waals surface area contributed by atoms with Crippen molar-refractivity contribution in [2.24, 2.45) is 23.2 Å². The first-order valence-electron chi connectivity index (χ1n) is 5.89. The van der Waals surface area contributed by atoms with Crippen LogP contribution >= 0.6 is 0 Å². The van der Waals surface area contributed by atoms with Crippen molar-refractivity contribution < 1.29 is 4.74 Å². The third-order valence-electron chi connectivity index (χ3n) is 4.36. The fraction of sp³-hybridized carbons (Fsp3) is 1.00. The second-order valence-electron chi connectivity index (χ2n) is 6.36. The molecule has 0 radical (unpaired) electrons. The monoisotopic (exact) mass is 195 g/mol. The Kier molecular flexibility index (Phi) is 1.79. The first-order valence-corrected chi connectivity index (χ1v) is 5.89. The molecule has 3 aliphatic rings. The molecule has 14 heavy (non-hydrogen) atoms. The van der Waals surface area contributed by atoms with Crippen LogP contribution < -0.4 is 0 Å². The Balaban J connectivity index is 1.57. The molecule has 1 aliphatic carbocycles. The van der Waals surface area contributed by atoms with Crippen molar-refractivity contribution in [1.82, 2.24) is 4.90 Å². The van der Waals surface area contributed by atoms with Gasteiger partial charge < -0.3 is 4.74 Å². The normalized spacial score (nSPS) is 43.5. The lowest BCUT2D eigenvalue weighted by Gasteiger charge is -2.36. The molecule has 0 bridgehead atoms. The Labute approximate surface area is 86.6 Å². The van der Waals surface area contributed by atoms with Crippen LogP contribution in [0.2, 0.25) is 0 Å². The van der Waals surface area contributed by atoms with Gasteiger partial charge in [-0.1, -0.05) is 20.8 Å². The van der Waals surface area contributed by atoms with E-state index in [1.807, 2.05) is 0 Å². The quantitative estimate of drug-likeness (QED) is 0.630. The molecule has 0 amide bonds. The minimum absolute atomic E-state index is 0.539. The molecule has 2 heterocycles. The van der Waals surface area contributed by atoms with Gasteiger partial charge >= 0.3 is 0 Å². The molecule has 0 aromatic heterocycles. The molecule has 3 atom stereocenters. The molecule has 1 unspecified atom stereocenters. The van der Waals surface area contributed by atoms with E-state index in [1.54, 1.807) is 0 Å². The number of ether oxygens (including phenoxy) is 1. The zero-order chi connectivity index (χ0) is 9.92. The minimum atomic E-state index is 0.539. The summed E-state index contributed by atoms with van der Waals surface area (Å²) in [5, 5.41) is 0. The molecule has 2 aliphatic heterocycles. The topological polar surface area (TPSA) is 12.5 Å². The molecular weight excluding hydrogens is 174 g/mol. The summed E-state index contributed by atoms with van der Waals surface area (Å²) in [6, 6.07) is 0.767. The fourth-order valence-electron chi connectivity index (χ4n) is 3.58. The van der Waals surface area contributed by atoms with Gasteiger partial charge in [-0.2, -0.15) is 0 Å². The molecule has 3 fully saturated rings. The van der Waals surface area contributed by atoms with Crippen LogP contribution in [0.1, 0.15) is 20.8 Å². The third kappa shape index (κ3) is 1.24. The molecular formula is C12H21NO. The van der Waals surface area contributed by atoms with Crippen molar-refractivity contribution in [3.05, 3.63) is 0 Å². The number of hydrogen-bond acceptors (Lipinski definition) is 2. The van der Waals surface area contributed by atoms with Crippen LogP contribution in [-0.4, -0.2) is 37.2 Å². The number of likely N-dealkylation sites (tertiary alicyclic amines) is 1. The summed E-state index contributed by atoms with van der Waals surface area (Å²) in [6.07, 6.45) is 0. The largest absolute Gasteiger partial charge is 0.378 e. The van der Waals surface area contributed by atoms with Gasteiger partial charge in [0.15, 0.2) is 0 Å². The Hall–Kier alpha value is -0.0800. The predicted octanol–water partition coefficient (Wildman–Crippen LogP) is 1.61. The second kappa shape index (κ2) is 2.73. The summed E-state index contributed by atoms with van der Waals surface area (Å²) in [4.78, 5) is 2.65. The summed E-state index contributed by atoms with van der Waals surface area (Å²) in [5.74, 6) is 3.02. The first-order chi connectivity index (χ1) is 6.57. The smallest absolute Gasteiger partial charge is 0.0645 e. The predicted molar refractivity (Wildman–Crippen MR) is 56.1 cm³/mol. The Morgan fingerprint density at radius 3 is 2.00 bits per heavy atom. The maximum atomic E-state index is 5.25. The SMILES string of the molecule is CC(C)(C)C1[C@H]2CN(C3COC3)C[C@@H]12. The maximum absolute atomic E-state index is 5.25. The van der Waals surface area contributed by atoms with Crippen molar-refractivity contribution >= 4 is 0 Å². The second-order valence-corrected chi connectivity index (χ2v) is 6.36. The summed E-state index contributed by atoms with van der Waals surface area (Å²) >= 11 is 0. The number of rotatable bonds is 1. The third-order valence-corrected chi connectivity index (χ3v) is 4.36. The lowest BCUT2D eigenvalue weighted by Crippen LogP contribution is -2.49. The van der Waals surface area contributed by atoms with Gasteiger partial charge in [-0.3, -0.25) is 4.90 Å². The summed E-state index contributed by atoms with van der Waals surface area (Å²) in [6.45, 7) is 11.9. The average molecular weight is 195 g/mol. The van der Waals surface area contributed by atoms with E-state index in [-0.39, 0.29) is 0 Å². The van der Waals surface area contributed by atoms with E-state index in [4.69, 9.17) is 4.74 Å². The van der Waals surface area contributed by atoms with E-state index < -0.39 is 0 Å². The highest BCUT2D eigenvalue weighted by atomic mass is 16.5. The van der Waals surface area contributed by atoms with Gasteiger partial charge in [0.05, 0.1) is 19.3 Å². The van der Waals surface area contributed by atoms with E-state index in [2.05, 4.69) is 25.7 Å². The van der Waals surface area contributed by atoms with Gasteiger partial charge in [-0.05, 0) is 23.2 Å². The molecule has 0 aromatic rings. The lowest BCUT2D eigenvalue weighted by molar-refractivity contribution is -0.0630. The molecule has 80 valence electrons. The number of nitrogens with zero attached hydrogens (tertiary/aromatic N) is 1. The van der Waals surface area contributed by atoms with Crippen LogP contribution in [-0.2, 0) is 4.74 Å². The Morgan fingerprint density at radius 1 is 1.07 bits per heavy atom. The lowest BCUT2D eigenvalue weighted by atomic mass is 9.87. The van der Waals surface area contributed by atoms with Gasteiger partial charge in [0, 0.05) is 13.1 Å². The summed E-state index contributed by atoms with van der Waals surface area (Å²) in [7, 11) is 0. The zero-order valence-corrected chi connectivity index (χ0v) is 9.49. The van der Waals surface area contributed by atoms with Gasteiger partial charge in [-0.25, -0.2) is 0 Å². The van der Waals surface area contributed by atoms with Gasteiger partial charge in [0.25, 0.3) is 0 Å².